The number of aryl methyl sites for hydroxylation is 1. The Bertz CT molecular complexity index is 456. The molecule has 6 heteroatoms. The number of hydrogen-bond donors (Lipinski definition) is 1. The van der Waals surface area contributed by atoms with Gasteiger partial charge < -0.3 is 15.4 Å². The van der Waals surface area contributed by atoms with Gasteiger partial charge in [-0.3, -0.25) is 4.79 Å². The number of ether oxygens (including phenoxy) is 1. The molecule has 0 spiro atoms. The summed E-state index contributed by atoms with van der Waals surface area (Å²) in [5.41, 5.74) is 6.42. The lowest BCUT2D eigenvalue weighted by molar-refractivity contribution is -0.0169. The fourth-order valence-corrected chi connectivity index (χ4v) is 2.01. The molecule has 2 N–H and O–H groups in total. The third-order valence-corrected chi connectivity index (χ3v) is 3.04. The summed E-state index contributed by atoms with van der Waals surface area (Å²) in [6, 6.07) is 4.63. The first-order valence-corrected chi connectivity index (χ1v) is 5.99. The maximum absolute atomic E-state index is 13.7. The van der Waals surface area contributed by atoms with Crippen LogP contribution in [0, 0.1) is 12.7 Å². The number of amides is 1. The molecule has 1 aliphatic heterocycles. The summed E-state index contributed by atoms with van der Waals surface area (Å²) in [6.45, 7) is 3.49. The largest absolute Gasteiger partial charge is 0.373 e. The van der Waals surface area contributed by atoms with Gasteiger partial charge in [0.1, 0.15) is 5.82 Å². The lowest BCUT2D eigenvalue weighted by atomic mass is 10.1. The predicted octanol–water partition coefficient (Wildman–Crippen LogP) is 1.36. The smallest absolute Gasteiger partial charge is 0.256 e. The van der Waals surface area contributed by atoms with E-state index in [9.17, 15) is 9.18 Å². The normalized spacial score (nSPS) is 18.9. The van der Waals surface area contributed by atoms with Crippen molar-refractivity contribution >= 4 is 18.3 Å². The lowest BCUT2D eigenvalue weighted by Gasteiger charge is -2.32. The minimum atomic E-state index is -0.476. The molecule has 1 amide bonds. The molecule has 1 heterocycles. The van der Waals surface area contributed by atoms with Crippen molar-refractivity contribution in [2.45, 2.75) is 13.0 Å². The van der Waals surface area contributed by atoms with Crippen molar-refractivity contribution in [2.24, 2.45) is 5.73 Å². The van der Waals surface area contributed by atoms with Gasteiger partial charge in [0.25, 0.3) is 5.91 Å². The van der Waals surface area contributed by atoms with E-state index < -0.39 is 5.82 Å². The molecule has 2 rings (SSSR count). The van der Waals surface area contributed by atoms with E-state index in [1.807, 2.05) is 0 Å². The molecule has 0 radical (unpaired) electrons. The van der Waals surface area contributed by atoms with Gasteiger partial charge in [-0.25, -0.2) is 4.39 Å². The molecule has 1 atom stereocenters. The van der Waals surface area contributed by atoms with Crippen LogP contribution in [0.3, 0.4) is 0 Å². The molecule has 0 saturated carbocycles. The second-order valence-electron chi connectivity index (χ2n) is 4.46. The summed E-state index contributed by atoms with van der Waals surface area (Å²) < 4.78 is 19.1. The first-order valence-electron chi connectivity index (χ1n) is 5.99. The zero-order valence-corrected chi connectivity index (χ0v) is 11.6. The van der Waals surface area contributed by atoms with Gasteiger partial charge in [-0.05, 0) is 24.6 Å². The maximum atomic E-state index is 13.7. The highest BCUT2D eigenvalue weighted by Gasteiger charge is 2.25. The van der Waals surface area contributed by atoms with Crippen molar-refractivity contribution in [1.29, 1.82) is 0 Å². The average molecular weight is 289 g/mol. The Morgan fingerprint density at radius 3 is 2.95 bits per heavy atom. The predicted molar refractivity (Wildman–Crippen MR) is 73.1 cm³/mol. The van der Waals surface area contributed by atoms with Crippen LogP contribution >= 0.6 is 12.4 Å². The van der Waals surface area contributed by atoms with Crippen LogP contribution in [0.15, 0.2) is 18.2 Å². The Morgan fingerprint density at radius 2 is 2.32 bits per heavy atom. The van der Waals surface area contributed by atoms with E-state index in [1.54, 1.807) is 17.9 Å². The average Bonchev–Trinajstić information content (AvgIpc) is 2.38. The SMILES string of the molecule is Cc1ccc(C(=O)N2CCOC(CN)C2)c(F)c1.Cl. The molecule has 1 aromatic rings. The molecule has 1 unspecified atom stereocenters. The fourth-order valence-electron chi connectivity index (χ4n) is 2.01. The van der Waals surface area contributed by atoms with Gasteiger partial charge in [0.05, 0.1) is 18.3 Å². The Hall–Kier alpha value is -1.17. The number of hydrogen-bond acceptors (Lipinski definition) is 3. The van der Waals surface area contributed by atoms with Crippen LogP contribution in [0.1, 0.15) is 15.9 Å². The van der Waals surface area contributed by atoms with Crippen molar-refractivity contribution in [3.05, 3.63) is 35.1 Å². The number of morpholine rings is 1. The van der Waals surface area contributed by atoms with E-state index in [2.05, 4.69) is 0 Å². The number of halogens is 2. The van der Waals surface area contributed by atoms with E-state index in [0.29, 0.717) is 26.2 Å². The summed E-state index contributed by atoms with van der Waals surface area (Å²) >= 11 is 0. The molecule has 1 saturated heterocycles. The molecule has 1 aromatic carbocycles. The summed E-state index contributed by atoms with van der Waals surface area (Å²) in [7, 11) is 0. The molecule has 4 nitrogen and oxygen atoms in total. The van der Waals surface area contributed by atoms with Gasteiger partial charge in [-0.2, -0.15) is 0 Å². The maximum Gasteiger partial charge on any atom is 0.256 e. The number of rotatable bonds is 2. The van der Waals surface area contributed by atoms with Crippen LogP contribution in [-0.4, -0.2) is 43.2 Å². The van der Waals surface area contributed by atoms with E-state index in [4.69, 9.17) is 10.5 Å². The zero-order valence-electron chi connectivity index (χ0n) is 10.8. The van der Waals surface area contributed by atoms with Crippen LogP contribution in [0.5, 0.6) is 0 Å². The number of nitrogens with two attached hydrogens (primary N) is 1. The van der Waals surface area contributed by atoms with E-state index >= 15 is 0 Å². The fraction of sp³-hybridized carbons (Fsp3) is 0.462. The second kappa shape index (κ2) is 6.84. The summed E-state index contributed by atoms with van der Waals surface area (Å²) in [5, 5.41) is 0. The Kier molecular flexibility index (Phi) is 5.72. The Labute approximate surface area is 118 Å². The van der Waals surface area contributed by atoms with E-state index in [-0.39, 0.29) is 30.0 Å². The molecular weight excluding hydrogens is 271 g/mol. The van der Waals surface area contributed by atoms with Gasteiger partial charge in [0, 0.05) is 19.6 Å². The summed E-state index contributed by atoms with van der Waals surface area (Å²) in [4.78, 5) is 13.8. The van der Waals surface area contributed by atoms with E-state index in [0.717, 1.165) is 5.56 Å². The lowest BCUT2D eigenvalue weighted by Crippen LogP contribution is -2.48. The first kappa shape index (κ1) is 15.9. The summed E-state index contributed by atoms with van der Waals surface area (Å²) in [5.74, 6) is -0.773. The summed E-state index contributed by atoms with van der Waals surface area (Å²) in [6.07, 6.45) is -0.156. The molecule has 0 bridgehead atoms. The second-order valence-corrected chi connectivity index (χ2v) is 4.46. The number of carbonyl (C=O) groups is 1. The molecule has 106 valence electrons. The first-order chi connectivity index (χ1) is 8.61. The van der Waals surface area contributed by atoms with Gasteiger partial charge in [-0.1, -0.05) is 6.07 Å². The van der Waals surface area contributed by atoms with Crippen LogP contribution in [-0.2, 0) is 4.74 Å². The van der Waals surface area contributed by atoms with Gasteiger partial charge in [0.15, 0.2) is 0 Å². The van der Waals surface area contributed by atoms with Crippen LogP contribution in [0.4, 0.5) is 4.39 Å². The molecule has 0 aliphatic carbocycles. The molecule has 19 heavy (non-hydrogen) atoms. The number of benzene rings is 1. The molecule has 1 fully saturated rings. The van der Waals surface area contributed by atoms with Crippen LogP contribution < -0.4 is 5.73 Å². The van der Waals surface area contributed by atoms with E-state index in [1.165, 1.54) is 12.1 Å². The van der Waals surface area contributed by atoms with Crippen molar-refractivity contribution in [2.75, 3.05) is 26.2 Å². The standard InChI is InChI=1S/C13H17FN2O2.ClH/c1-9-2-3-11(12(14)6-9)13(17)16-4-5-18-10(7-15)8-16;/h2-3,6,10H,4-5,7-8,15H2,1H3;1H. The third kappa shape index (κ3) is 3.65. The van der Waals surface area contributed by atoms with Gasteiger partial charge in [-0.15, -0.1) is 12.4 Å². The highest BCUT2D eigenvalue weighted by molar-refractivity contribution is 5.94. The number of nitrogens with zero attached hydrogens (tertiary/aromatic N) is 1. The minimum absolute atomic E-state index is 0. The minimum Gasteiger partial charge on any atom is -0.373 e. The molecule has 1 aliphatic rings. The highest BCUT2D eigenvalue weighted by atomic mass is 35.5. The van der Waals surface area contributed by atoms with Crippen molar-refractivity contribution < 1.29 is 13.9 Å². The van der Waals surface area contributed by atoms with Crippen LogP contribution in [0.25, 0.3) is 0 Å². The van der Waals surface area contributed by atoms with Crippen LogP contribution in [0.2, 0.25) is 0 Å². The topological polar surface area (TPSA) is 55.6 Å². The van der Waals surface area contributed by atoms with Gasteiger partial charge in [0.2, 0.25) is 0 Å². The monoisotopic (exact) mass is 288 g/mol. The Morgan fingerprint density at radius 1 is 1.58 bits per heavy atom. The van der Waals surface area contributed by atoms with Gasteiger partial charge >= 0.3 is 0 Å². The quantitative estimate of drug-likeness (QED) is 0.894. The van der Waals surface area contributed by atoms with Crippen molar-refractivity contribution in [1.82, 2.24) is 4.90 Å². The number of carbonyl (C=O) groups excluding carboxylic acids is 1. The van der Waals surface area contributed by atoms with Crippen molar-refractivity contribution in [3.63, 3.8) is 0 Å². The van der Waals surface area contributed by atoms with Crippen molar-refractivity contribution in [3.8, 4) is 0 Å². The Balaban J connectivity index is 0.00000180. The third-order valence-electron chi connectivity index (χ3n) is 3.04. The molecule has 0 aromatic heterocycles. The molecular formula is C13H18ClFN2O2. The highest BCUT2D eigenvalue weighted by Crippen LogP contribution is 2.14. The zero-order chi connectivity index (χ0) is 13.1.